The van der Waals surface area contributed by atoms with Gasteiger partial charge in [0, 0.05) is 11.7 Å². The number of carbonyl (C=O) groups excluding carboxylic acids is 1. The van der Waals surface area contributed by atoms with Crippen molar-refractivity contribution in [1.29, 1.82) is 5.26 Å². The summed E-state index contributed by atoms with van der Waals surface area (Å²) in [5.41, 5.74) is 2.50. The number of carbonyl (C=O) groups is 1. The normalized spacial score (nSPS) is 18.1. The molecule has 1 N–H and O–H groups in total. The lowest BCUT2D eigenvalue weighted by Crippen LogP contribution is -2.41. The number of nitrogens with zero attached hydrogens (tertiary/aromatic N) is 2. The summed E-state index contributed by atoms with van der Waals surface area (Å²) in [4.78, 5) is 14.9. The van der Waals surface area contributed by atoms with Gasteiger partial charge < -0.3 is 10.1 Å². The molecule has 0 spiro atoms. The molecule has 3 rings (SSSR count). The highest BCUT2D eigenvalue weighted by molar-refractivity contribution is 5.94. The van der Waals surface area contributed by atoms with Gasteiger partial charge in [-0.2, -0.15) is 5.26 Å². The third kappa shape index (κ3) is 3.87. The molecule has 1 aliphatic rings. The van der Waals surface area contributed by atoms with Crippen molar-refractivity contribution in [1.82, 2.24) is 4.90 Å². The van der Waals surface area contributed by atoms with E-state index in [0.717, 1.165) is 25.1 Å². The molecule has 0 unspecified atom stereocenters. The van der Waals surface area contributed by atoms with Crippen LogP contribution in [0.1, 0.15) is 36.9 Å². The lowest BCUT2D eigenvalue weighted by atomic mass is 10.0. The molecule has 2 aromatic carbocycles. The predicted molar refractivity (Wildman–Crippen MR) is 101 cm³/mol. The van der Waals surface area contributed by atoms with E-state index in [1.165, 1.54) is 5.56 Å². The molecule has 1 amide bonds. The highest BCUT2D eigenvalue weighted by Crippen LogP contribution is 2.34. The van der Waals surface area contributed by atoms with Crippen molar-refractivity contribution in [3.8, 4) is 11.8 Å². The van der Waals surface area contributed by atoms with Crippen LogP contribution in [0.2, 0.25) is 0 Å². The molecule has 26 heavy (non-hydrogen) atoms. The quantitative estimate of drug-likeness (QED) is 0.893. The first-order valence-corrected chi connectivity index (χ1v) is 8.83. The Morgan fingerprint density at radius 3 is 2.54 bits per heavy atom. The zero-order valence-corrected chi connectivity index (χ0v) is 15.1. The Balaban J connectivity index is 1.69. The van der Waals surface area contributed by atoms with E-state index in [4.69, 9.17) is 10.00 Å². The van der Waals surface area contributed by atoms with E-state index in [-0.39, 0.29) is 18.0 Å². The number of likely N-dealkylation sites (tertiary alicyclic amines) is 1. The number of benzene rings is 2. The first kappa shape index (κ1) is 18.0. The molecule has 0 aromatic heterocycles. The average molecular weight is 349 g/mol. The average Bonchev–Trinajstić information content (AvgIpc) is 3.17. The maximum absolute atomic E-state index is 12.7. The SMILES string of the molecule is COc1ccc([C@@H]2CCCN2[C@@H](C)C(=O)Nc2ccc(C#N)cc2)cc1. The molecular formula is C21H23N3O2. The van der Waals surface area contributed by atoms with Gasteiger partial charge in [0.2, 0.25) is 5.91 Å². The third-order valence-electron chi connectivity index (χ3n) is 4.95. The van der Waals surface area contributed by atoms with Crippen LogP contribution in [0.5, 0.6) is 5.75 Å². The van der Waals surface area contributed by atoms with Gasteiger partial charge in [-0.05, 0) is 68.3 Å². The van der Waals surface area contributed by atoms with Gasteiger partial charge in [0.25, 0.3) is 0 Å². The Morgan fingerprint density at radius 2 is 1.92 bits per heavy atom. The highest BCUT2D eigenvalue weighted by atomic mass is 16.5. The van der Waals surface area contributed by atoms with Crippen LogP contribution in [-0.2, 0) is 4.79 Å². The topological polar surface area (TPSA) is 65.4 Å². The largest absolute Gasteiger partial charge is 0.497 e. The highest BCUT2D eigenvalue weighted by Gasteiger charge is 2.32. The summed E-state index contributed by atoms with van der Waals surface area (Å²) in [6.07, 6.45) is 2.12. The zero-order chi connectivity index (χ0) is 18.5. The monoisotopic (exact) mass is 349 g/mol. The Kier molecular flexibility index (Phi) is 5.55. The molecule has 2 aromatic rings. The minimum Gasteiger partial charge on any atom is -0.497 e. The van der Waals surface area contributed by atoms with Crippen molar-refractivity contribution in [2.45, 2.75) is 31.8 Å². The smallest absolute Gasteiger partial charge is 0.241 e. The summed E-state index contributed by atoms with van der Waals surface area (Å²) >= 11 is 0. The van der Waals surface area contributed by atoms with Crippen LogP contribution in [0, 0.1) is 11.3 Å². The Hall–Kier alpha value is -2.84. The molecule has 1 saturated heterocycles. The molecule has 1 aliphatic heterocycles. The van der Waals surface area contributed by atoms with Crippen LogP contribution in [0.4, 0.5) is 5.69 Å². The number of amides is 1. The minimum atomic E-state index is -0.236. The number of anilines is 1. The first-order valence-electron chi connectivity index (χ1n) is 8.83. The molecule has 0 bridgehead atoms. The van der Waals surface area contributed by atoms with Gasteiger partial charge in [0.1, 0.15) is 5.75 Å². The summed E-state index contributed by atoms with van der Waals surface area (Å²) in [6, 6.07) is 17.1. The van der Waals surface area contributed by atoms with Gasteiger partial charge in [0.15, 0.2) is 0 Å². The number of hydrogen-bond donors (Lipinski definition) is 1. The van der Waals surface area contributed by atoms with Gasteiger partial charge in [0.05, 0.1) is 24.8 Å². The number of nitrogens with one attached hydrogen (secondary N) is 1. The molecule has 0 aliphatic carbocycles. The Morgan fingerprint density at radius 1 is 1.23 bits per heavy atom. The second kappa shape index (κ2) is 8.03. The molecule has 2 atom stereocenters. The maximum atomic E-state index is 12.7. The molecule has 1 fully saturated rings. The predicted octanol–water partition coefficient (Wildman–Crippen LogP) is 3.73. The molecule has 1 heterocycles. The summed E-state index contributed by atoms with van der Waals surface area (Å²) in [5, 5.41) is 11.8. The van der Waals surface area contributed by atoms with Gasteiger partial charge in [-0.3, -0.25) is 9.69 Å². The van der Waals surface area contributed by atoms with Crippen molar-refractivity contribution in [2.75, 3.05) is 19.0 Å². The van der Waals surface area contributed by atoms with Crippen molar-refractivity contribution < 1.29 is 9.53 Å². The van der Waals surface area contributed by atoms with Crippen LogP contribution < -0.4 is 10.1 Å². The molecule has 5 heteroatoms. The van der Waals surface area contributed by atoms with Crippen LogP contribution in [0.3, 0.4) is 0 Å². The maximum Gasteiger partial charge on any atom is 0.241 e. The Bertz CT molecular complexity index is 794. The van der Waals surface area contributed by atoms with Gasteiger partial charge in [-0.1, -0.05) is 12.1 Å². The number of nitriles is 1. The third-order valence-corrected chi connectivity index (χ3v) is 4.95. The lowest BCUT2D eigenvalue weighted by Gasteiger charge is -2.30. The van der Waals surface area contributed by atoms with Gasteiger partial charge in [-0.15, -0.1) is 0 Å². The fourth-order valence-electron chi connectivity index (χ4n) is 3.46. The number of rotatable bonds is 5. The molecule has 0 saturated carbocycles. The Labute approximate surface area is 154 Å². The number of methoxy groups -OCH3 is 1. The second-order valence-corrected chi connectivity index (χ2v) is 6.52. The first-order chi connectivity index (χ1) is 12.6. The minimum absolute atomic E-state index is 0.0323. The van der Waals surface area contributed by atoms with Crippen LogP contribution in [0.25, 0.3) is 0 Å². The van der Waals surface area contributed by atoms with Gasteiger partial charge in [-0.25, -0.2) is 0 Å². The van der Waals surface area contributed by atoms with Crippen molar-refractivity contribution in [2.24, 2.45) is 0 Å². The van der Waals surface area contributed by atoms with Crippen LogP contribution in [-0.4, -0.2) is 30.5 Å². The second-order valence-electron chi connectivity index (χ2n) is 6.52. The summed E-state index contributed by atoms with van der Waals surface area (Å²) in [6.45, 7) is 2.85. The number of ether oxygens (including phenoxy) is 1. The molecule has 0 radical (unpaired) electrons. The van der Waals surface area contributed by atoms with Gasteiger partial charge >= 0.3 is 0 Å². The van der Waals surface area contributed by atoms with E-state index in [1.807, 2.05) is 19.1 Å². The fourth-order valence-corrected chi connectivity index (χ4v) is 3.46. The molecule has 5 nitrogen and oxygen atoms in total. The van der Waals surface area contributed by atoms with E-state index in [9.17, 15) is 4.79 Å². The van der Waals surface area contributed by atoms with E-state index in [1.54, 1.807) is 31.4 Å². The van der Waals surface area contributed by atoms with E-state index in [0.29, 0.717) is 11.3 Å². The van der Waals surface area contributed by atoms with E-state index in [2.05, 4.69) is 28.4 Å². The lowest BCUT2D eigenvalue weighted by molar-refractivity contribution is -0.121. The molecular weight excluding hydrogens is 326 g/mol. The van der Waals surface area contributed by atoms with Crippen molar-refractivity contribution >= 4 is 11.6 Å². The summed E-state index contributed by atoms with van der Waals surface area (Å²) < 4.78 is 5.23. The zero-order valence-electron chi connectivity index (χ0n) is 15.1. The van der Waals surface area contributed by atoms with E-state index < -0.39 is 0 Å². The van der Waals surface area contributed by atoms with Crippen LogP contribution >= 0.6 is 0 Å². The van der Waals surface area contributed by atoms with E-state index >= 15 is 0 Å². The molecule has 134 valence electrons. The standard InChI is InChI=1S/C21H23N3O2/c1-15(21(25)23-18-9-5-16(14-22)6-10-18)24-13-3-4-20(24)17-7-11-19(26-2)12-8-17/h5-12,15,20H,3-4,13H2,1-2H3,(H,23,25)/t15-,20-/m0/s1. The van der Waals surface area contributed by atoms with Crippen LogP contribution in [0.15, 0.2) is 48.5 Å². The van der Waals surface area contributed by atoms with Crippen molar-refractivity contribution in [3.05, 3.63) is 59.7 Å². The fraction of sp³-hybridized carbons (Fsp3) is 0.333. The van der Waals surface area contributed by atoms with Crippen molar-refractivity contribution in [3.63, 3.8) is 0 Å². The number of hydrogen-bond acceptors (Lipinski definition) is 4. The summed E-state index contributed by atoms with van der Waals surface area (Å²) in [5.74, 6) is 0.806. The summed E-state index contributed by atoms with van der Waals surface area (Å²) in [7, 11) is 1.66.